The maximum Gasteiger partial charge on any atom is 0.0746 e. The molecule has 2 rings (SSSR count). The van der Waals surface area contributed by atoms with Crippen molar-refractivity contribution in [3.63, 3.8) is 0 Å². The smallest absolute Gasteiger partial charge is 0.0746 e. The van der Waals surface area contributed by atoms with Crippen molar-refractivity contribution in [2.24, 2.45) is 0 Å². The summed E-state index contributed by atoms with van der Waals surface area (Å²) in [4.78, 5) is 0. The molecule has 0 spiro atoms. The Hall–Kier alpha value is -0.430. The number of terminal acetylenes is 1. The van der Waals surface area contributed by atoms with Crippen LogP contribution in [0.4, 0.5) is 0 Å². The Labute approximate surface area is 106 Å². The summed E-state index contributed by atoms with van der Waals surface area (Å²) in [6, 6.07) is 2.63. The molecular weight excluding hydrogens is 234 g/mol. The Balaban J connectivity index is 2.22. The molecule has 2 atom stereocenters. The summed E-state index contributed by atoms with van der Waals surface area (Å²) in [5.74, 6) is 2.81. The quantitative estimate of drug-likeness (QED) is 0.805. The minimum Gasteiger partial charge on any atom is -0.295 e. The molecule has 2 heterocycles. The number of hydrogen-bond donors (Lipinski definition) is 1. The Bertz CT molecular complexity index is 414. The lowest BCUT2D eigenvalue weighted by Gasteiger charge is -2.32. The van der Waals surface area contributed by atoms with E-state index >= 15 is 0 Å². The third-order valence-corrected chi connectivity index (χ3v) is 5.15. The van der Waals surface area contributed by atoms with Gasteiger partial charge >= 0.3 is 0 Å². The van der Waals surface area contributed by atoms with Gasteiger partial charge < -0.3 is 0 Å². The first-order chi connectivity index (χ1) is 7.52. The minimum absolute atomic E-state index is 0.231. The van der Waals surface area contributed by atoms with Crippen LogP contribution >= 0.6 is 23.1 Å². The van der Waals surface area contributed by atoms with Gasteiger partial charge in [0.15, 0.2) is 0 Å². The van der Waals surface area contributed by atoms with Crippen LogP contribution < -0.4 is 5.32 Å². The zero-order valence-electron chi connectivity index (χ0n) is 9.91. The van der Waals surface area contributed by atoms with Crippen molar-refractivity contribution in [3.05, 3.63) is 17.0 Å². The fourth-order valence-electron chi connectivity index (χ4n) is 1.96. The van der Waals surface area contributed by atoms with E-state index in [1.807, 2.05) is 23.1 Å². The zero-order valence-corrected chi connectivity index (χ0v) is 11.5. The van der Waals surface area contributed by atoms with Gasteiger partial charge in [-0.3, -0.25) is 5.32 Å². The zero-order chi connectivity index (χ0) is 11.8. The first kappa shape index (κ1) is 12.0. The van der Waals surface area contributed by atoms with E-state index in [1.54, 1.807) is 0 Å². The van der Waals surface area contributed by atoms with Gasteiger partial charge in [0.1, 0.15) is 0 Å². The molecule has 0 saturated carbocycles. The highest BCUT2D eigenvalue weighted by atomic mass is 32.2. The molecule has 0 aliphatic carbocycles. The highest BCUT2D eigenvalue weighted by molar-refractivity contribution is 8.01. The van der Waals surface area contributed by atoms with Gasteiger partial charge in [0, 0.05) is 11.3 Å². The van der Waals surface area contributed by atoms with Gasteiger partial charge in [-0.15, -0.1) is 29.5 Å². The molecule has 0 bridgehead atoms. The second-order valence-corrected chi connectivity index (χ2v) is 7.42. The first-order valence-corrected chi connectivity index (χ1v) is 7.27. The number of thioether (sulfide) groups is 1. The lowest BCUT2D eigenvalue weighted by molar-refractivity contribution is 0.389. The summed E-state index contributed by atoms with van der Waals surface area (Å²) in [6.45, 7) is 6.40. The van der Waals surface area contributed by atoms with Crippen molar-refractivity contribution >= 4 is 23.1 Å². The Morgan fingerprint density at radius 1 is 1.56 bits per heavy atom. The Morgan fingerprint density at radius 2 is 2.31 bits per heavy atom. The summed E-state index contributed by atoms with van der Waals surface area (Å²) in [6.07, 6.45) is 6.69. The standard InChI is InChI=1S/C13H17NS2/c1-5-13(3,4)14-11-8-9(2)16-12-10(11)6-7-15-12/h1,6-7,9,11,14H,8H2,2-4H3/t9-,11?/m0/s1. The van der Waals surface area contributed by atoms with E-state index < -0.39 is 0 Å². The van der Waals surface area contributed by atoms with Crippen molar-refractivity contribution in [3.8, 4) is 12.3 Å². The number of fused-ring (bicyclic) bond motifs is 1. The van der Waals surface area contributed by atoms with Crippen LogP contribution in [0.1, 0.15) is 38.8 Å². The largest absolute Gasteiger partial charge is 0.295 e. The van der Waals surface area contributed by atoms with Gasteiger partial charge in [0.2, 0.25) is 0 Å². The summed E-state index contributed by atoms with van der Waals surface area (Å²) >= 11 is 3.82. The van der Waals surface area contributed by atoms with Crippen LogP contribution in [-0.4, -0.2) is 10.8 Å². The predicted molar refractivity (Wildman–Crippen MR) is 73.0 cm³/mol. The highest BCUT2D eigenvalue weighted by Crippen LogP contribution is 2.44. The Kier molecular flexibility index (Phi) is 3.34. The monoisotopic (exact) mass is 251 g/mol. The van der Waals surface area contributed by atoms with Crippen LogP contribution in [0.3, 0.4) is 0 Å². The predicted octanol–water partition coefficient (Wildman–Crippen LogP) is 3.67. The van der Waals surface area contributed by atoms with Gasteiger partial charge in [-0.1, -0.05) is 12.8 Å². The van der Waals surface area contributed by atoms with Gasteiger partial charge in [-0.2, -0.15) is 0 Å². The lowest BCUT2D eigenvalue weighted by atomic mass is 9.99. The van der Waals surface area contributed by atoms with Crippen LogP contribution in [0.25, 0.3) is 0 Å². The number of rotatable bonds is 2. The minimum atomic E-state index is -0.231. The second kappa shape index (κ2) is 4.44. The normalized spacial score (nSPS) is 24.9. The average Bonchev–Trinajstić information content (AvgIpc) is 2.65. The third-order valence-electron chi connectivity index (χ3n) is 2.81. The molecule has 1 unspecified atom stereocenters. The molecule has 86 valence electrons. The summed E-state index contributed by atoms with van der Waals surface area (Å²) in [7, 11) is 0. The summed E-state index contributed by atoms with van der Waals surface area (Å²) < 4.78 is 1.45. The van der Waals surface area contributed by atoms with E-state index in [9.17, 15) is 0 Å². The number of hydrogen-bond acceptors (Lipinski definition) is 3. The third kappa shape index (κ3) is 2.45. The van der Waals surface area contributed by atoms with Crippen molar-refractivity contribution in [2.75, 3.05) is 0 Å². The number of nitrogens with one attached hydrogen (secondary N) is 1. The van der Waals surface area contributed by atoms with Crippen LogP contribution in [0.2, 0.25) is 0 Å². The van der Waals surface area contributed by atoms with Crippen molar-refractivity contribution < 1.29 is 0 Å². The molecule has 1 nitrogen and oxygen atoms in total. The lowest BCUT2D eigenvalue weighted by Crippen LogP contribution is -2.41. The molecule has 1 aromatic heterocycles. The molecule has 1 aliphatic heterocycles. The van der Waals surface area contributed by atoms with E-state index in [0.717, 1.165) is 6.42 Å². The second-order valence-electron chi connectivity index (χ2n) is 4.79. The molecule has 3 heteroatoms. The molecule has 0 amide bonds. The summed E-state index contributed by atoms with van der Waals surface area (Å²) in [5.41, 5.74) is 1.20. The molecule has 0 aromatic carbocycles. The molecule has 0 saturated heterocycles. The number of thiophene rings is 1. The SMILES string of the molecule is C#CC(C)(C)NC1C[C@H](C)Sc2sccc21. The molecule has 1 aromatic rings. The first-order valence-electron chi connectivity index (χ1n) is 5.51. The van der Waals surface area contributed by atoms with E-state index in [0.29, 0.717) is 11.3 Å². The van der Waals surface area contributed by atoms with Crippen molar-refractivity contribution in [1.82, 2.24) is 5.32 Å². The topological polar surface area (TPSA) is 12.0 Å². The van der Waals surface area contributed by atoms with E-state index in [2.05, 4.69) is 43.5 Å². The van der Waals surface area contributed by atoms with Gasteiger partial charge in [-0.25, -0.2) is 0 Å². The van der Waals surface area contributed by atoms with E-state index in [1.165, 1.54) is 9.77 Å². The van der Waals surface area contributed by atoms with Gasteiger partial charge in [-0.05, 0) is 37.3 Å². The van der Waals surface area contributed by atoms with Crippen LogP contribution in [0.5, 0.6) is 0 Å². The highest BCUT2D eigenvalue weighted by Gasteiger charge is 2.29. The summed E-state index contributed by atoms with van der Waals surface area (Å²) in [5, 5.41) is 6.41. The van der Waals surface area contributed by atoms with Crippen LogP contribution in [0, 0.1) is 12.3 Å². The molecular formula is C13H17NS2. The molecule has 1 N–H and O–H groups in total. The van der Waals surface area contributed by atoms with Crippen LogP contribution in [0.15, 0.2) is 15.7 Å². The molecule has 0 radical (unpaired) electrons. The van der Waals surface area contributed by atoms with Gasteiger partial charge in [0.25, 0.3) is 0 Å². The molecule has 16 heavy (non-hydrogen) atoms. The van der Waals surface area contributed by atoms with Crippen LogP contribution in [-0.2, 0) is 0 Å². The van der Waals surface area contributed by atoms with E-state index in [-0.39, 0.29) is 5.54 Å². The maximum atomic E-state index is 5.54. The van der Waals surface area contributed by atoms with Crippen molar-refractivity contribution in [2.45, 2.75) is 48.2 Å². The fraction of sp³-hybridized carbons (Fsp3) is 0.538. The maximum absolute atomic E-state index is 5.54. The van der Waals surface area contributed by atoms with Gasteiger partial charge in [0.05, 0.1) is 9.75 Å². The average molecular weight is 251 g/mol. The fourth-order valence-corrected chi connectivity index (χ4v) is 4.53. The Morgan fingerprint density at radius 3 is 3.00 bits per heavy atom. The molecule has 1 aliphatic rings. The van der Waals surface area contributed by atoms with Crippen molar-refractivity contribution in [1.29, 1.82) is 0 Å². The molecule has 0 fully saturated rings. The van der Waals surface area contributed by atoms with E-state index in [4.69, 9.17) is 6.42 Å².